The molecule has 0 radical (unpaired) electrons. The summed E-state index contributed by atoms with van der Waals surface area (Å²) in [4.78, 5) is 15.3. The Balaban J connectivity index is 2.13. The van der Waals surface area contributed by atoms with E-state index in [4.69, 9.17) is 4.74 Å². The van der Waals surface area contributed by atoms with E-state index in [2.05, 4.69) is 24.1 Å². The predicted octanol–water partition coefficient (Wildman–Crippen LogP) is 2.57. The van der Waals surface area contributed by atoms with Gasteiger partial charge in [-0.25, -0.2) is 0 Å². The molecule has 2 N–H and O–H groups in total. The fourth-order valence-corrected chi connectivity index (χ4v) is 2.02. The van der Waals surface area contributed by atoms with Crippen molar-refractivity contribution < 1.29 is 9.53 Å². The molecule has 1 unspecified atom stereocenters. The van der Waals surface area contributed by atoms with Gasteiger partial charge in [0.05, 0.1) is 12.6 Å². The second-order valence-electron chi connectivity index (χ2n) is 5.06. The van der Waals surface area contributed by atoms with Crippen LogP contribution in [-0.2, 0) is 4.74 Å². The fourth-order valence-electron chi connectivity index (χ4n) is 2.02. The zero-order chi connectivity index (χ0) is 13.8. The summed E-state index contributed by atoms with van der Waals surface area (Å²) >= 11 is 0. The highest BCUT2D eigenvalue weighted by Crippen LogP contribution is 2.14. The Kier molecular flexibility index (Phi) is 4.22. The van der Waals surface area contributed by atoms with Crippen LogP contribution < -0.4 is 5.32 Å². The molecule has 4 heteroatoms. The summed E-state index contributed by atoms with van der Waals surface area (Å²) in [6, 6.07) is 7.67. The van der Waals surface area contributed by atoms with E-state index in [1.165, 1.54) is 0 Å². The first-order valence-corrected chi connectivity index (χ1v) is 6.48. The molecule has 0 spiro atoms. The summed E-state index contributed by atoms with van der Waals surface area (Å²) in [5.41, 5.74) is 1.64. The molecule has 4 nitrogen and oxygen atoms in total. The number of carbonyl (C=O) groups is 1. The molecule has 1 aromatic heterocycles. The van der Waals surface area contributed by atoms with Gasteiger partial charge in [-0.2, -0.15) is 0 Å². The van der Waals surface area contributed by atoms with E-state index in [0.29, 0.717) is 18.1 Å². The molecule has 2 aromatic rings. The molecular weight excluding hydrogens is 240 g/mol. The molecule has 0 bridgehead atoms. The molecule has 1 aromatic carbocycles. The Morgan fingerprint density at radius 2 is 2.16 bits per heavy atom. The summed E-state index contributed by atoms with van der Waals surface area (Å²) in [5, 5.41) is 4.12. The van der Waals surface area contributed by atoms with Crippen LogP contribution >= 0.6 is 0 Å². The lowest BCUT2D eigenvalue weighted by molar-refractivity contribution is 0.0867. The van der Waals surface area contributed by atoms with Gasteiger partial charge in [0.15, 0.2) is 0 Å². The van der Waals surface area contributed by atoms with Crippen LogP contribution in [0, 0.1) is 5.92 Å². The number of ether oxygens (including phenoxy) is 1. The van der Waals surface area contributed by atoms with E-state index in [1.54, 1.807) is 7.11 Å². The molecular formula is C15H20N2O2. The van der Waals surface area contributed by atoms with Crippen LogP contribution in [-0.4, -0.2) is 30.6 Å². The monoisotopic (exact) mass is 260 g/mol. The Morgan fingerprint density at radius 3 is 2.84 bits per heavy atom. The van der Waals surface area contributed by atoms with Crippen molar-refractivity contribution in [3.8, 4) is 0 Å². The number of aromatic amines is 1. The van der Waals surface area contributed by atoms with Crippen molar-refractivity contribution in [3.05, 3.63) is 36.0 Å². The lowest BCUT2D eigenvalue weighted by atomic mass is 10.0. The van der Waals surface area contributed by atoms with Crippen LogP contribution in [0.1, 0.15) is 24.2 Å². The lowest BCUT2D eigenvalue weighted by Crippen LogP contribution is -2.41. The average molecular weight is 260 g/mol. The third-order valence-corrected chi connectivity index (χ3v) is 3.28. The molecule has 19 heavy (non-hydrogen) atoms. The highest BCUT2D eigenvalue weighted by atomic mass is 16.5. The minimum atomic E-state index is -0.0627. The molecule has 0 fully saturated rings. The van der Waals surface area contributed by atoms with E-state index in [0.717, 1.165) is 10.9 Å². The number of hydrogen-bond acceptors (Lipinski definition) is 2. The average Bonchev–Trinajstić information content (AvgIpc) is 2.85. The van der Waals surface area contributed by atoms with Gasteiger partial charge in [0, 0.05) is 24.4 Å². The third-order valence-electron chi connectivity index (χ3n) is 3.28. The van der Waals surface area contributed by atoms with Crippen molar-refractivity contribution in [1.82, 2.24) is 10.3 Å². The van der Waals surface area contributed by atoms with Gasteiger partial charge in [-0.15, -0.1) is 0 Å². The van der Waals surface area contributed by atoms with Gasteiger partial charge >= 0.3 is 0 Å². The van der Waals surface area contributed by atoms with E-state index in [9.17, 15) is 4.79 Å². The molecule has 2 rings (SSSR count). The number of amides is 1. The highest BCUT2D eigenvalue weighted by Gasteiger charge is 2.17. The lowest BCUT2D eigenvalue weighted by Gasteiger charge is -2.21. The summed E-state index contributed by atoms with van der Waals surface area (Å²) < 4.78 is 5.14. The quantitative estimate of drug-likeness (QED) is 0.868. The van der Waals surface area contributed by atoms with Gasteiger partial charge in [0.25, 0.3) is 5.91 Å². The van der Waals surface area contributed by atoms with Crippen molar-refractivity contribution in [1.29, 1.82) is 0 Å². The number of methoxy groups -OCH3 is 1. The molecule has 0 saturated carbocycles. The molecule has 1 amide bonds. The van der Waals surface area contributed by atoms with Crippen LogP contribution in [0.4, 0.5) is 0 Å². The van der Waals surface area contributed by atoms with E-state index in [1.807, 2.05) is 30.5 Å². The van der Waals surface area contributed by atoms with Crippen molar-refractivity contribution in [3.63, 3.8) is 0 Å². The summed E-state index contributed by atoms with van der Waals surface area (Å²) in [6.45, 7) is 4.66. The second-order valence-corrected chi connectivity index (χ2v) is 5.06. The number of rotatable bonds is 5. The molecule has 0 aliphatic rings. The van der Waals surface area contributed by atoms with E-state index in [-0.39, 0.29) is 11.9 Å². The first-order valence-electron chi connectivity index (χ1n) is 6.48. The summed E-state index contributed by atoms with van der Waals surface area (Å²) in [5.74, 6) is 0.269. The smallest absolute Gasteiger partial charge is 0.251 e. The topological polar surface area (TPSA) is 54.1 Å². The van der Waals surface area contributed by atoms with Gasteiger partial charge in [-0.05, 0) is 29.5 Å². The Morgan fingerprint density at radius 1 is 1.37 bits per heavy atom. The number of carbonyl (C=O) groups excluding carboxylic acids is 1. The number of fused-ring (bicyclic) bond motifs is 1. The Labute approximate surface area is 113 Å². The standard InChI is InChI=1S/C15H20N2O2/c1-10(2)14(9-19-3)17-15(18)12-5-4-11-6-7-16-13(11)8-12/h4-8,10,14,16H,9H2,1-3H3,(H,17,18). The molecule has 102 valence electrons. The highest BCUT2D eigenvalue weighted by molar-refractivity contribution is 5.98. The summed E-state index contributed by atoms with van der Waals surface area (Å²) in [7, 11) is 1.65. The van der Waals surface area contributed by atoms with Crippen molar-refractivity contribution in [2.75, 3.05) is 13.7 Å². The number of hydrogen-bond donors (Lipinski definition) is 2. The minimum absolute atomic E-state index is 0.0249. The van der Waals surface area contributed by atoms with Gasteiger partial charge in [-0.1, -0.05) is 19.9 Å². The maximum atomic E-state index is 12.2. The molecule has 1 atom stereocenters. The fraction of sp³-hybridized carbons (Fsp3) is 0.400. The van der Waals surface area contributed by atoms with Gasteiger partial charge in [0.1, 0.15) is 0 Å². The molecule has 0 aliphatic heterocycles. The van der Waals surface area contributed by atoms with Crippen molar-refractivity contribution in [2.45, 2.75) is 19.9 Å². The maximum Gasteiger partial charge on any atom is 0.251 e. The zero-order valence-corrected chi connectivity index (χ0v) is 11.6. The van der Waals surface area contributed by atoms with Crippen LogP contribution in [0.2, 0.25) is 0 Å². The number of H-pyrrole nitrogens is 1. The third kappa shape index (κ3) is 3.15. The van der Waals surface area contributed by atoms with Gasteiger partial charge < -0.3 is 15.0 Å². The van der Waals surface area contributed by atoms with Crippen molar-refractivity contribution >= 4 is 16.8 Å². The first kappa shape index (κ1) is 13.6. The Bertz CT molecular complexity index is 560. The molecule has 0 aliphatic carbocycles. The largest absolute Gasteiger partial charge is 0.383 e. The van der Waals surface area contributed by atoms with Gasteiger partial charge in [0.2, 0.25) is 0 Å². The van der Waals surface area contributed by atoms with Crippen molar-refractivity contribution in [2.24, 2.45) is 5.92 Å². The maximum absolute atomic E-state index is 12.2. The minimum Gasteiger partial charge on any atom is -0.383 e. The van der Waals surface area contributed by atoms with Crippen LogP contribution in [0.5, 0.6) is 0 Å². The summed E-state index contributed by atoms with van der Waals surface area (Å²) in [6.07, 6.45) is 1.87. The van der Waals surface area contributed by atoms with Crippen LogP contribution in [0.25, 0.3) is 10.9 Å². The van der Waals surface area contributed by atoms with E-state index >= 15 is 0 Å². The second kappa shape index (κ2) is 5.89. The molecule has 0 saturated heterocycles. The SMILES string of the molecule is COCC(NC(=O)c1ccc2cc[nH]c2c1)C(C)C. The van der Waals surface area contributed by atoms with Crippen LogP contribution in [0.3, 0.4) is 0 Å². The normalized spacial score (nSPS) is 12.8. The van der Waals surface area contributed by atoms with E-state index < -0.39 is 0 Å². The Hall–Kier alpha value is -1.81. The predicted molar refractivity (Wildman–Crippen MR) is 76.3 cm³/mol. The number of aromatic nitrogens is 1. The van der Waals surface area contributed by atoms with Crippen LogP contribution in [0.15, 0.2) is 30.5 Å². The van der Waals surface area contributed by atoms with Gasteiger partial charge in [-0.3, -0.25) is 4.79 Å². The molecule has 1 heterocycles. The zero-order valence-electron chi connectivity index (χ0n) is 11.6. The first-order chi connectivity index (χ1) is 9.11. The number of nitrogens with one attached hydrogen (secondary N) is 2. The number of benzene rings is 1.